The molecule has 20 heteroatoms. The molecular weight excluding hydrogens is 799 g/mol. The van der Waals surface area contributed by atoms with Gasteiger partial charge in [0.1, 0.15) is 21.4 Å². The van der Waals surface area contributed by atoms with E-state index in [4.69, 9.17) is 0 Å². The predicted octanol–water partition coefficient (Wildman–Crippen LogP) is 5.31. The molecule has 1 saturated carbocycles. The van der Waals surface area contributed by atoms with E-state index >= 15 is 0 Å². The Morgan fingerprint density at radius 1 is 0.690 bits per heavy atom. The number of anilines is 3. The number of sulfonamides is 2. The number of aromatic carboxylic acids is 2. The van der Waals surface area contributed by atoms with Crippen molar-refractivity contribution >= 4 is 49.0 Å². The van der Waals surface area contributed by atoms with Crippen molar-refractivity contribution < 1.29 is 45.4 Å². The van der Waals surface area contributed by atoms with Crippen LogP contribution in [-0.2, 0) is 26.6 Å². The van der Waals surface area contributed by atoms with Gasteiger partial charge in [-0.3, -0.25) is 9.44 Å². The van der Waals surface area contributed by atoms with Crippen molar-refractivity contribution in [3.8, 4) is 11.4 Å². The van der Waals surface area contributed by atoms with Crippen molar-refractivity contribution in [3.63, 3.8) is 0 Å². The van der Waals surface area contributed by atoms with Crippen molar-refractivity contribution in [2.75, 3.05) is 21.3 Å². The van der Waals surface area contributed by atoms with Crippen LogP contribution in [0.25, 0.3) is 11.4 Å². The Bertz CT molecular complexity index is 2530. The van der Waals surface area contributed by atoms with E-state index in [1.165, 1.54) is 94.6 Å². The van der Waals surface area contributed by atoms with E-state index in [9.17, 15) is 45.4 Å². The zero-order chi connectivity index (χ0) is 41.2. The molecule has 7 rings (SSSR count). The maximum Gasteiger partial charge on any atom is 0.337 e. The zero-order valence-corrected chi connectivity index (χ0v) is 31.7. The first-order valence-corrected chi connectivity index (χ1v) is 20.5. The number of benzene rings is 4. The fourth-order valence-corrected chi connectivity index (χ4v) is 8.27. The van der Waals surface area contributed by atoms with Gasteiger partial charge < -0.3 is 20.8 Å². The SMILES string of the molecule is O=C(O)c1cc(CNC2CC(CNc3ccc(NS(=O)(=O)c4cnn(-c5ccc(F)cc5)c4)c(C(=O)O)c3)C2)ccc1NS(=O)(=O)c1cnn(-c2ccc(F)cc2)c1. The fraction of sp³-hybridized carbons (Fsp3) is 0.158. The first-order valence-electron chi connectivity index (χ1n) is 17.5. The van der Waals surface area contributed by atoms with Crippen molar-refractivity contribution in [3.05, 3.63) is 138 Å². The minimum atomic E-state index is -4.23. The van der Waals surface area contributed by atoms with E-state index in [1.807, 2.05) is 0 Å². The fourth-order valence-electron chi connectivity index (χ4n) is 6.25. The van der Waals surface area contributed by atoms with Crippen LogP contribution in [0.2, 0.25) is 0 Å². The van der Waals surface area contributed by atoms with Crippen LogP contribution >= 0.6 is 0 Å². The lowest BCUT2D eigenvalue weighted by atomic mass is 9.80. The quantitative estimate of drug-likeness (QED) is 0.0729. The summed E-state index contributed by atoms with van der Waals surface area (Å²) in [5, 5.41) is 34.3. The third-order valence-corrected chi connectivity index (χ3v) is 12.0. The summed E-state index contributed by atoms with van der Waals surface area (Å²) in [6, 6.07) is 19.3. The summed E-state index contributed by atoms with van der Waals surface area (Å²) < 4.78 is 86.1. The van der Waals surface area contributed by atoms with Crippen LogP contribution in [0.4, 0.5) is 25.8 Å². The Kier molecular flexibility index (Phi) is 11.0. The van der Waals surface area contributed by atoms with Crippen molar-refractivity contribution in [1.82, 2.24) is 24.9 Å². The van der Waals surface area contributed by atoms with Gasteiger partial charge >= 0.3 is 11.9 Å². The molecule has 16 nitrogen and oxygen atoms in total. The van der Waals surface area contributed by atoms with Crippen LogP contribution in [0, 0.1) is 17.6 Å². The topological polar surface area (TPSA) is 227 Å². The van der Waals surface area contributed by atoms with Gasteiger partial charge in [0.05, 0.1) is 58.7 Å². The summed E-state index contributed by atoms with van der Waals surface area (Å²) in [6.07, 6.45) is 6.17. The number of hydrogen-bond acceptors (Lipinski definition) is 10. The minimum absolute atomic E-state index is 0.106. The van der Waals surface area contributed by atoms with E-state index in [2.05, 4.69) is 30.3 Å². The minimum Gasteiger partial charge on any atom is -0.478 e. The lowest BCUT2D eigenvalue weighted by Crippen LogP contribution is -2.43. The first-order chi connectivity index (χ1) is 27.6. The maximum absolute atomic E-state index is 13.3. The molecule has 0 radical (unpaired) electrons. The van der Waals surface area contributed by atoms with E-state index in [0.29, 0.717) is 35.7 Å². The van der Waals surface area contributed by atoms with Gasteiger partial charge in [0, 0.05) is 24.8 Å². The summed E-state index contributed by atoms with van der Waals surface area (Å²) >= 11 is 0. The molecule has 300 valence electrons. The molecule has 0 aliphatic heterocycles. The second kappa shape index (κ2) is 16.1. The van der Waals surface area contributed by atoms with Gasteiger partial charge in [-0.25, -0.2) is 44.6 Å². The molecule has 1 aliphatic rings. The van der Waals surface area contributed by atoms with Gasteiger partial charge in [0.15, 0.2) is 0 Å². The predicted molar refractivity (Wildman–Crippen MR) is 207 cm³/mol. The molecule has 1 aliphatic carbocycles. The Morgan fingerprint density at radius 2 is 1.17 bits per heavy atom. The molecule has 6 aromatic rings. The summed E-state index contributed by atoms with van der Waals surface area (Å²) in [5.74, 6) is -3.38. The maximum atomic E-state index is 13.3. The number of nitrogens with one attached hydrogen (secondary N) is 4. The third-order valence-electron chi connectivity index (χ3n) is 9.40. The lowest BCUT2D eigenvalue weighted by molar-refractivity contribution is 0.0687. The van der Waals surface area contributed by atoms with E-state index < -0.39 is 43.6 Å². The number of halogens is 2. The van der Waals surface area contributed by atoms with Crippen molar-refractivity contribution in [2.45, 2.75) is 35.2 Å². The molecule has 0 bridgehead atoms. The number of hydrogen-bond donors (Lipinski definition) is 6. The highest BCUT2D eigenvalue weighted by Crippen LogP contribution is 2.30. The van der Waals surface area contributed by atoms with Gasteiger partial charge in [-0.2, -0.15) is 10.2 Å². The molecule has 58 heavy (non-hydrogen) atoms. The van der Waals surface area contributed by atoms with Crippen LogP contribution in [0.15, 0.2) is 120 Å². The highest BCUT2D eigenvalue weighted by atomic mass is 32.2. The van der Waals surface area contributed by atoms with Crippen molar-refractivity contribution in [2.24, 2.45) is 5.92 Å². The Balaban J connectivity index is 0.906. The van der Waals surface area contributed by atoms with E-state index in [1.54, 1.807) is 12.1 Å². The van der Waals surface area contributed by atoms with Crippen LogP contribution in [0.3, 0.4) is 0 Å². The largest absolute Gasteiger partial charge is 0.478 e. The van der Waals surface area contributed by atoms with Crippen LogP contribution < -0.4 is 20.1 Å². The van der Waals surface area contributed by atoms with Gasteiger partial charge in [-0.15, -0.1) is 0 Å². The first kappa shape index (κ1) is 39.6. The van der Waals surface area contributed by atoms with Gasteiger partial charge in [0.2, 0.25) is 0 Å². The number of nitrogens with zero attached hydrogens (tertiary/aromatic N) is 4. The molecule has 2 heterocycles. The smallest absolute Gasteiger partial charge is 0.337 e. The molecule has 0 spiro atoms. The molecule has 0 amide bonds. The number of carboxylic acids is 2. The Labute approximate surface area is 330 Å². The van der Waals surface area contributed by atoms with Crippen molar-refractivity contribution in [1.29, 1.82) is 0 Å². The summed E-state index contributed by atoms with van der Waals surface area (Å²) in [6.45, 7) is 0.820. The molecule has 6 N–H and O–H groups in total. The average molecular weight is 833 g/mol. The van der Waals surface area contributed by atoms with Crippen LogP contribution in [-0.4, -0.2) is 71.1 Å². The molecular formula is C38H34F2N8O8S2. The third kappa shape index (κ3) is 8.98. The molecule has 0 saturated heterocycles. The highest BCUT2D eigenvalue weighted by Gasteiger charge is 2.29. The number of carboxylic acid groups (broad SMARTS) is 2. The number of aromatic nitrogens is 4. The zero-order valence-electron chi connectivity index (χ0n) is 30.1. The highest BCUT2D eigenvalue weighted by molar-refractivity contribution is 7.93. The number of rotatable bonds is 16. The van der Waals surface area contributed by atoms with Gasteiger partial charge in [-0.1, -0.05) is 6.07 Å². The molecule has 0 atom stereocenters. The van der Waals surface area contributed by atoms with Gasteiger partial charge in [0.25, 0.3) is 20.0 Å². The molecule has 0 unspecified atom stereocenters. The summed E-state index contributed by atoms with van der Waals surface area (Å²) in [4.78, 5) is 23.8. The lowest BCUT2D eigenvalue weighted by Gasteiger charge is -2.36. The van der Waals surface area contributed by atoms with Crippen LogP contribution in [0.5, 0.6) is 0 Å². The normalized spacial score (nSPS) is 15.3. The Morgan fingerprint density at radius 3 is 1.67 bits per heavy atom. The Hall–Kier alpha value is -6.64. The monoisotopic (exact) mass is 832 g/mol. The molecule has 2 aromatic heterocycles. The second-order valence-electron chi connectivity index (χ2n) is 13.5. The van der Waals surface area contributed by atoms with E-state index in [-0.39, 0.29) is 44.3 Å². The summed E-state index contributed by atoms with van der Waals surface area (Å²) in [7, 11) is -8.46. The molecule has 1 fully saturated rings. The summed E-state index contributed by atoms with van der Waals surface area (Å²) in [5.41, 5.74) is 1.14. The molecule has 4 aromatic carbocycles. The standard InChI is InChI=1S/C38H34F2N8O8S2/c39-25-2-7-29(8-3-25)47-21-31(19-43-47)57(53,54)45-35-11-1-23(15-33(35)37(49)50)17-42-28-13-24(14-28)18-41-27-6-12-36(34(16-27)38(51)52)46-58(55,56)32-20-44-48(22-32)30-9-4-26(40)5-10-30/h1-12,15-16,19-22,24,28,41-42,45-46H,13-14,17-18H2,(H,49,50)(H,51,52). The number of carbonyl (C=O) groups is 2. The van der Waals surface area contributed by atoms with Gasteiger partial charge in [-0.05, 0) is 103 Å². The van der Waals surface area contributed by atoms with E-state index in [0.717, 1.165) is 25.2 Å². The second-order valence-corrected chi connectivity index (χ2v) is 16.8. The van der Waals surface area contributed by atoms with Crippen LogP contribution in [0.1, 0.15) is 39.1 Å². The average Bonchev–Trinajstić information content (AvgIpc) is 3.88.